The van der Waals surface area contributed by atoms with Crippen molar-refractivity contribution in [1.29, 1.82) is 0 Å². The highest BCUT2D eigenvalue weighted by Crippen LogP contribution is 2.29. The third kappa shape index (κ3) is 5.78. The highest BCUT2D eigenvalue weighted by Gasteiger charge is 2.15. The van der Waals surface area contributed by atoms with Gasteiger partial charge in [0.2, 0.25) is 5.95 Å². The molecule has 0 aliphatic carbocycles. The van der Waals surface area contributed by atoms with Gasteiger partial charge in [-0.05, 0) is 66.7 Å². The van der Waals surface area contributed by atoms with Crippen LogP contribution >= 0.6 is 0 Å². The topological polar surface area (TPSA) is 78.9 Å². The van der Waals surface area contributed by atoms with E-state index < -0.39 is 9.71 Å². The van der Waals surface area contributed by atoms with Crippen molar-refractivity contribution in [3.8, 4) is 11.1 Å². The Kier molecular flexibility index (Phi) is 6.66. The van der Waals surface area contributed by atoms with Gasteiger partial charge >= 0.3 is 0 Å². The lowest BCUT2D eigenvalue weighted by Gasteiger charge is -2.23. The molecule has 0 spiro atoms. The van der Waals surface area contributed by atoms with Crippen LogP contribution in [0.2, 0.25) is 0 Å². The highest BCUT2D eigenvalue weighted by molar-refractivity contribution is 8.00. The molecule has 1 fully saturated rings. The Balaban J connectivity index is 1.36. The predicted octanol–water partition coefficient (Wildman–Crippen LogP) is 4.84. The SMILES string of the molecule is C=S(=O)(Cc1ccccc1)Nc1ccc(F)c(-c2ccc3nc(N[C@H]4CCCNC4)ncc3c2)c1. The molecule has 2 heterocycles. The fourth-order valence-electron chi connectivity index (χ4n) is 4.33. The second kappa shape index (κ2) is 10.0. The van der Waals surface area contributed by atoms with Crippen molar-refractivity contribution < 1.29 is 8.60 Å². The van der Waals surface area contributed by atoms with Crippen molar-refractivity contribution in [3.05, 3.63) is 84.3 Å². The average molecular weight is 490 g/mol. The molecule has 180 valence electrons. The van der Waals surface area contributed by atoms with Crippen LogP contribution in [0.5, 0.6) is 0 Å². The van der Waals surface area contributed by atoms with E-state index in [0.717, 1.165) is 42.4 Å². The standard InChI is InChI=1S/C27H28FN5OS/c1-35(34,18-19-6-3-2-4-7-19)33-22-10-11-25(28)24(15-22)20-9-12-26-21(14-20)16-30-27(32-26)31-23-8-5-13-29-17-23/h2-4,6-7,9-12,14-16,23,29H,1,5,8,13,17-18H2,(H,33,34)(H,30,31,32)/t23-,35?/m0/s1. The van der Waals surface area contributed by atoms with Gasteiger partial charge in [-0.2, -0.15) is 0 Å². The average Bonchev–Trinajstić information content (AvgIpc) is 2.86. The molecule has 0 amide bonds. The zero-order valence-electron chi connectivity index (χ0n) is 19.3. The molecule has 3 aromatic carbocycles. The number of hydrogen-bond donors (Lipinski definition) is 3. The van der Waals surface area contributed by atoms with Gasteiger partial charge in [0.25, 0.3) is 0 Å². The Labute approximate surface area is 205 Å². The molecule has 1 unspecified atom stereocenters. The molecule has 3 N–H and O–H groups in total. The summed E-state index contributed by atoms with van der Waals surface area (Å²) in [4.78, 5) is 9.09. The molecule has 35 heavy (non-hydrogen) atoms. The summed E-state index contributed by atoms with van der Waals surface area (Å²) in [7, 11) is -2.66. The van der Waals surface area contributed by atoms with Crippen LogP contribution in [0.3, 0.4) is 0 Å². The Morgan fingerprint density at radius 3 is 2.77 bits per heavy atom. The first-order valence-electron chi connectivity index (χ1n) is 11.7. The first kappa shape index (κ1) is 23.3. The van der Waals surface area contributed by atoms with E-state index in [2.05, 4.69) is 31.2 Å². The molecule has 0 bridgehead atoms. The molecule has 5 rings (SSSR count). The number of anilines is 2. The zero-order valence-corrected chi connectivity index (χ0v) is 20.2. The molecule has 4 aromatic rings. The van der Waals surface area contributed by atoms with Crippen molar-refractivity contribution >= 4 is 38.1 Å². The molecule has 2 atom stereocenters. The van der Waals surface area contributed by atoms with Crippen molar-refractivity contribution in [2.45, 2.75) is 24.6 Å². The molecule has 0 saturated carbocycles. The van der Waals surface area contributed by atoms with Crippen LogP contribution in [0.15, 0.2) is 72.9 Å². The third-order valence-corrected chi connectivity index (χ3v) is 7.44. The van der Waals surface area contributed by atoms with E-state index in [-0.39, 0.29) is 11.6 Å². The molecule has 6 nitrogen and oxygen atoms in total. The lowest BCUT2D eigenvalue weighted by atomic mass is 10.0. The van der Waals surface area contributed by atoms with Gasteiger partial charge in [0.1, 0.15) is 5.82 Å². The van der Waals surface area contributed by atoms with Crippen LogP contribution in [0.1, 0.15) is 18.4 Å². The van der Waals surface area contributed by atoms with E-state index in [9.17, 15) is 8.60 Å². The summed E-state index contributed by atoms with van der Waals surface area (Å²) in [5, 5.41) is 7.58. The zero-order chi connectivity index (χ0) is 24.3. The number of nitrogens with zero attached hydrogens (tertiary/aromatic N) is 2. The van der Waals surface area contributed by atoms with Crippen LogP contribution in [0.4, 0.5) is 16.0 Å². The summed E-state index contributed by atoms with van der Waals surface area (Å²) >= 11 is 0. The van der Waals surface area contributed by atoms with Crippen molar-refractivity contribution in [3.63, 3.8) is 0 Å². The van der Waals surface area contributed by atoms with Crippen molar-refractivity contribution in [2.24, 2.45) is 0 Å². The van der Waals surface area contributed by atoms with E-state index >= 15 is 0 Å². The van der Waals surface area contributed by atoms with Gasteiger partial charge in [0, 0.05) is 45.1 Å². The minimum Gasteiger partial charge on any atom is -0.350 e. The first-order chi connectivity index (χ1) is 16.9. The normalized spacial score (nSPS) is 17.6. The van der Waals surface area contributed by atoms with Gasteiger partial charge in [-0.15, -0.1) is 0 Å². The van der Waals surface area contributed by atoms with Crippen molar-refractivity contribution in [1.82, 2.24) is 15.3 Å². The van der Waals surface area contributed by atoms with Gasteiger partial charge in [-0.3, -0.25) is 0 Å². The van der Waals surface area contributed by atoms with Crippen molar-refractivity contribution in [2.75, 3.05) is 23.1 Å². The third-order valence-electron chi connectivity index (χ3n) is 6.03. The quantitative estimate of drug-likeness (QED) is 0.324. The molecule has 8 heteroatoms. The van der Waals surface area contributed by atoms with E-state index in [1.165, 1.54) is 6.07 Å². The molecular weight excluding hydrogens is 461 g/mol. The molecule has 1 saturated heterocycles. The number of piperidine rings is 1. The van der Waals surface area contributed by atoms with Gasteiger partial charge in [-0.1, -0.05) is 36.4 Å². The minimum absolute atomic E-state index is 0.279. The van der Waals surface area contributed by atoms with Crippen LogP contribution in [-0.2, 0) is 15.5 Å². The predicted molar refractivity (Wildman–Crippen MR) is 143 cm³/mol. The number of rotatable bonds is 7. The maximum atomic E-state index is 14.8. The number of aromatic nitrogens is 2. The maximum absolute atomic E-state index is 14.8. The van der Waals surface area contributed by atoms with E-state index in [4.69, 9.17) is 0 Å². The fraction of sp³-hybridized carbons (Fsp3) is 0.222. The number of halogens is 1. The van der Waals surface area contributed by atoms with Crippen LogP contribution in [0, 0.1) is 5.82 Å². The van der Waals surface area contributed by atoms with Crippen LogP contribution in [0.25, 0.3) is 22.0 Å². The largest absolute Gasteiger partial charge is 0.350 e. The smallest absolute Gasteiger partial charge is 0.223 e. The first-order valence-corrected chi connectivity index (χ1v) is 13.6. The Morgan fingerprint density at radius 1 is 1.11 bits per heavy atom. The summed E-state index contributed by atoms with van der Waals surface area (Å²) in [5.41, 5.74) is 3.36. The second-order valence-corrected chi connectivity index (χ2v) is 11.0. The number of benzene rings is 3. The monoisotopic (exact) mass is 489 g/mol. The van der Waals surface area contributed by atoms with E-state index in [1.54, 1.807) is 18.3 Å². The molecular formula is C27H28FN5OS. The molecule has 1 aromatic heterocycles. The lowest BCUT2D eigenvalue weighted by Crippen LogP contribution is -2.38. The summed E-state index contributed by atoms with van der Waals surface area (Å²) in [5.74, 6) is 4.39. The van der Waals surface area contributed by atoms with E-state index in [1.807, 2.05) is 48.5 Å². The minimum atomic E-state index is -2.66. The molecule has 1 aliphatic rings. The Bertz CT molecular complexity index is 1440. The van der Waals surface area contributed by atoms with Crippen LogP contribution < -0.4 is 15.4 Å². The number of nitrogens with one attached hydrogen (secondary N) is 3. The highest BCUT2D eigenvalue weighted by atomic mass is 32.2. The van der Waals surface area contributed by atoms with E-state index in [0.29, 0.717) is 28.8 Å². The summed E-state index contributed by atoms with van der Waals surface area (Å²) in [6.45, 7) is 1.95. The molecule has 1 aliphatic heterocycles. The summed E-state index contributed by atoms with van der Waals surface area (Å²) in [6, 6.07) is 20.0. The number of hydrogen-bond acceptors (Lipinski definition) is 5. The number of fused-ring (bicyclic) bond motifs is 1. The van der Waals surface area contributed by atoms with Gasteiger partial charge in [0.15, 0.2) is 0 Å². The molecule has 0 radical (unpaired) electrons. The van der Waals surface area contributed by atoms with Gasteiger partial charge in [-0.25, -0.2) is 18.6 Å². The van der Waals surface area contributed by atoms with Gasteiger partial charge < -0.3 is 15.4 Å². The lowest BCUT2D eigenvalue weighted by molar-refractivity contribution is 0.478. The maximum Gasteiger partial charge on any atom is 0.223 e. The summed E-state index contributed by atoms with van der Waals surface area (Å²) in [6.07, 6.45) is 3.97. The van der Waals surface area contributed by atoms with Crippen LogP contribution in [-0.4, -0.2) is 39.2 Å². The Hall–Kier alpha value is -3.49. The van der Waals surface area contributed by atoms with Gasteiger partial charge in [0.05, 0.1) is 11.3 Å². The second-order valence-electron chi connectivity index (χ2n) is 8.89. The Morgan fingerprint density at radius 2 is 1.97 bits per heavy atom. The fourth-order valence-corrected chi connectivity index (χ4v) is 5.69. The summed E-state index contributed by atoms with van der Waals surface area (Å²) < 4.78 is 30.9.